The highest BCUT2D eigenvalue weighted by atomic mass is 32.1. The van der Waals surface area contributed by atoms with Crippen molar-refractivity contribution >= 4 is 23.2 Å². The molecular weight excluding hydrogens is 262 g/mol. The number of hydrogen-bond acceptors (Lipinski definition) is 4. The maximum absolute atomic E-state index is 12.2. The van der Waals surface area contributed by atoms with Gasteiger partial charge >= 0.3 is 11.8 Å². The molecule has 2 atom stereocenters. The van der Waals surface area contributed by atoms with Crippen LogP contribution in [0.5, 0.6) is 0 Å². The molecule has 1 aromatic heterocycles. The van der Waals surface area contributed by atoms with Crippen molar-refractivity contribution in [2.45, 2.75) is 25.9 Å². The van der Waals surface area contributed by atoms with Gasteiger partial charge in [0, 0.05) is 25.7 Å². The summed E-state index contributed by atoms with van der Waals surface area (Å²) in [6.07, 6.45) is 0. The van der Waals surface area contributed by atoms with Crippen molar-refractivity contribution in [3.8, 4) is 0 Å². The van der Waals surface area contributed by atoms with Gasteiger partial charge in [-0.1, -0.05) is 0 Å². The topological polar surface area (TPSA) is 66.6 Å². The first-order valence-corrected chi connectivity index (χ1v) is 7.38. The van der Waals surface area contributed by atoms with E-state index >= 15 is 0 Å². The number of nitrogens with zero attached hydrogens (tertiary/aromatic N) is 2. The summed E-state index contributed by atoms with van der Waals surface area (Å²) in [6.45, 7) is 5.43. The number of likely N-dealkylation sites (N-methyl/N-ethyl adjacent to an activating group) is 1. The molecule has 2 heterocycles. The fourth-order valence-electron chi connectivity index (χ4n) is 2.47. The zero-order valence-electron chi connectivity index (χ0n) is 11.2. The van der Waals surface area contributed by atoms with Crippen LogP contribution in [-0.2, 0) is 9.59 Å². The predicted octanol–water partition coefficient (Wildman–Crippen LogP) is 0.827. The number of rotatable bonds is 4. The Kier molecular flexibility index (Phi) is 4.21. The molecule has 1 aromatic rings. The maximum atomic E-state index is 12.2. The lowest BCUT2D eigenvalue weighted by Crippen LogP contribution is -2.57. The van der Waals surface area contributed by atoms with Gasteiger partial charge in [-0.05, 0) is 36.2 Å². The van der Waals surface area contributed by atoms with Gasteiger partial charge < -0.3 is 15.5 Å². The van der Waals surface area contributed by atoms with Crippen molar-refractivity contribution in [1.29, 1.82) is 0 Å². The molecule has 1 fully saturated rings. The fourth-order valence-corrected chi connectivity index (χ4v) is 3.16. The van der Waals surface area contributed by atoms with E-state index in [0.717, 1.165) is 5.56 Å². The lowest BCUT2D eigenvalue weighted by atomic mass is 10.0. The quantitative estimate of drug-likeness (QED) is 0.831. The van der Waals surface area contributed by atoms with Gasteiger partial charge in [0.15, 0.2) is 0 Å². The molecule has 0 aliphatic carbocycles. The van der Waals surface area contributed by atoms with Crippen LogP contribution in [0.2, 0.25) is 0 Å². The van der Waals surface area contributed by atoms with Crippen LogP contribution < -0.4 is 5.73 Å². The second kappa shape index (κ2) is 5.71. The van der Waals surface area contributed by atoms with Crippen LogP contribution in [0.1, 0.15) is 25.5 Å². The third-order valence-electron chi connectivity index (χ3n) is 3.44. The smallest absolute Gasteiger partial charge is 0.312 e. The Labute approximate surface area is 117 Å². The van der Waals surface area contributed by atoms with Crippen LogP contribution in [0.3, 0.4) is 0 Å². The first-order chi connectivity index (χ1) is 9.06. The van der Waals surface area contributed by atoms with Gasteiger partial charge in [0.25, 0.3) is 0 Å². The van der Waals surface area contributed by atoms with Crippen LogP contribution in [0, 0.1) is 0 Å². The molecule has 0 radical (unpaired) electrons. The van der Waals surface area contributed by atoms with Gasteiger partial charge in [-0.25, -0.2) is 0 Å². The SMILES string of the molecule is CCN1CCN(C(c2ccsc2)C(C)N)C(=O)C1=O. The molecular formula is C13H19N3O2S. The lowest BCUT2D eigenvalue weighted by Gasteiger charge is -2.39. The highest BCUT2D eigenvalue weighted by Crippen LogP contribution is 2.27. The number of amides is 2. The van der Waals surface area contributed by atoms with Gasteiger partial charge in [0.2, 0.25) is 0 Å². The number of piperazine rings is 1. The van der Waals surface area contributed by atoms with E-state index in [9.17, 15) is 9.59 Å². The molecule has 19 heavy (non-hydrogen) atoms. The Morgan fingerprint density at radius 3 is 2.63 bits per heavy atom. The van der Waals surface area contributed by atoms with E-state index in [2.05, 4.69) is 0 Å². The standard InChI is InChI=1S/C13H19N3O2S/c1-3-15-5-6-16(13(18)12(15)17)11(9(2)14)10-4-7-19-8-10/h4,7-9,11H,3,5-6,14H2,1-2H3. The van der Waals surface area contributed by atoms with Gasteiger partial charge in [0.1, 0.15) is 0 Å². The van der Waals surface area contributed by atoms with Crippen LogP contribution in [0.15, 0.2) is 16.8 Å². The van der Waals surface area contributed by atoms with E-state index in [1.807, 2.05) is 30.7 Å². The molecule has 2 unspecified atom stereocenters. The third kappa shape index (κ3) is 2.64. The van der Waals surface area contributed by atoms with Crippen molar-refractivity contribution in [3.05, 3.63) is 22.4 Å². The van der Waals surface area contributed by atoms with Crippen molar-refractivity contribution in [1.82, 2.24) is 9.80 Å². The molecule has 0 spiro atoms. The Balaban J connectivity index is 2.24. The molecule has 1 aliphatic rings. The summed E-state index contributed by atoms with van der Waals surface area (Å²) in [7, 11) is 0. The van der Waals surface area contributed by atoms with E-state index < -0.39 is 11.8 Å². The summed E-state index contributed by atoms with van der Waals surface area (Å²) in [6, 6.07) is 1.53. The number of carbonyl (C=O) groups is 2. The van der Waals surface area contributed by atoms with E-state index in [4.69, 9.17) is 5.73 Å². The largest absolute Gasteiger partial charge is 0.333 e. The lowest BCUT2D eigenvalue weighted by molar-refractivity contribution is -0.158. The average molecular weight is 281 g/mol. The van der Waals surface area contributed by atoms with Gasteiger partial charge in [-0.3, -0.25) is 9.59 Å². The zero-order chi connectivity index (χ0) is 14.0. The fraction of sp³-hybridized carbons (Fsp3) is 0.538. The summed E-state index contributed by atoms with van der Waals surface area (Å²) in [5, 5.41) is 3.94. The van der Waals surface area contributed by atoms with E-state index in [1.165, 1.54) is 0 Å². The second-order valence-corrected chi connectivity index (χ2v) is 5.52. The van der Waals surface area contributed by atoms with E-state index in [0.29, 0.717) is 19.6 Å². The van der Waals surface area contributed by atoms with Gasteiger partial charge in [-0.15, -0.1) is 0 Å². The summed E-state index contributed by atoms with van der Waals surface area (Å²) in [4.78, 5) is 27.4. The first-order valence-electron chi connectivity index (χ1n) is 6.43. The monoisotopic (exact) mass is 281 g/mol. The summed E-state index contributed by atoms with van der Waals surface area (Å²) in [5.74, 6) is -0.865. The third-order valence-corrected chi connectivity index (χ3v) is 4.14. The zero-order valence-corrected chi connectivity index (χ0v) is 12.0. The molecule has 2 N–H and O–H groups in total. The molecule has 0 saturated carbocycles. The molecule has 6 heteroatoms. The van der Waals surface area contributed by atoms with Crippen molar-refractivity contribution < 1.29 is 9.59 Å². The predicted molar refractivity (Wildman–Crippen MR) is 74.7 cm³/mol. The first kappa shape index (κ1) is 14.0. The summed E-state index contributed by atoms with van der Waals surface area (Å²) >= 11 is 1.57. The summed E-state index contributed by atoms with van der Waals surface area (Å²) < 4.78 is 0. The number of thiophene rings is 1. The minimum atomic E-state index is -0.443. The Bertz CT molecular complexity index is 458. The van der Waals surface area contributed by atoms with Crippen LogP contribution in [0.25, 0.3) is 0 Å². The molecule has 104 valence electrons. The normalized spacial score (nSPS) is 19.7. The molecule has 1 saturated heterocycles. The van der Waals surface area contributed by atoms with Crippen molar-refractivity contribution in [2.24, 2.45) is 5.73 Å². The van der Waals surface area contributed by atoms with Crippen LogP contribution in [-0.4, -0.2) is 47.3 Å². The van der Waals surface area contributed by atoms with Crippen molar-refractivity contribution in [2.75, 3.05) is 19.6 Å². The highest BCUT2D eigenvalue weighted by molar-refractivity contribution is 7.08. The average Bonchev–Trinajstić information content (AvgIpc) is 2.88. The Morgan fingerprint density at radius 2 is 2.11 bits per heavy atom. The maximum Gasteiger partial charge on any atom is 0.312 e. The molecule has 0 bridgehead atoms. The number of carbonyl (C=O) groups excluding carboxylic acids is 2. The molecule has 0 aromatic carbocycles. The molecule has 1 aliphatic heterocycles. The van der Waals surface area contributed by atoms with E-state index in [1.54, 1.807) is 21.1 Å². The van der Waals surface area contributed by atoms with Gasteiger partial charge in [-0.2, -0.15) is 11.3 Å². The Hall–Kier alpha value is -1.40. The van der Waals surface area contributed by atoms with Crippen LogP contribution >= 0.6 is 11.3 Å². The molecule has 2 rings (SSSR count). The Morgan fingerprint density at radius 1 is 1.37 bits per heavy atom. The minimum absolute atomic E-state index is 0.209. The minimum Gasteiger partial charge on any atom is -0.333 e. The van der Waals surface area contributed by atoms with E-state index in [-0.39, 0.29) is 12.1 Å². The summed E-state index contributed by atoms with van der Waals surface area (Å²) in [5.41, 5.74) is 7.03. The number of nitrogens with two attached hydrogens (primary N) is 1. The van der Waals surface area contributed by atoms with Crippen LogP contribution in [0.4, 0.5) is 0 Å². The van der Waals surface area contributed by atoms with Gasteiger partial charge in [0.05, 0.1) is 6.04 Å². The molecule has 5 nitrogen and oxygen atoms in total. The molecule has 2 amide bonds. The van der Waals surface area contributed by atoms with Crippen molar-refractivity contribution in [3.63, 3.8) is 0 Å². The highest BCUT2D eigenvalue weighted by Gasteiger charge is 2.37. The second-order valence-electron chi connectivity index (χ2n) is 4.74. The number of hydrogen-bond donors (Lipinski definition) is 1.